The smallest absolute Gasteiger partial charge is 0.312 e. The molecule has 1 aromatic rings. The molecule has 0 N–H and O–H groups in total. The van der Waals surface area contributed by atoms with Crippen LogP contribution in [0.25, 0.3) is 0 Å². The van der Waals surface area contributed by atoms with Crippen LogP contribution in [0.2, 0.25) is 5.02 Å². The standard InChI is InChI=1S/C17H24ClNO4/c1-3-5-7-9-16(20)22-14-11-15(19-12-13(14)18)23-17(21)10-8-6-4-2/h11-12H,3-10H2,1-2H3. The van der Waals surface area contributed by atoms with Gasteiger partial charge >= 0.3 is 11.9 Å². The Balaban J connectivity index is 2.57. The lowest BCUT2D eigenvalue weighted by Gasteiger charge is -2.08. The van der Waals surface area contributed by atoms with Gasteiger partial charge in [-0.05, 0) is 12.8 Å². The van der Waals surface area contributed by atoms with Crippen molar-refractivity contribution in [3.05, 3.63) is 17.3 Å². The Bertz CT molecular complexity index is 519. The fourth-order valence-corrected chi connectivity index (χ4v) is 2.06. The van der Waals surface area contributed by atoms with Gasteiger partial charge in [-0.1, -0.05) is 51.1 Å². The second-order valence-electron chi connectivity index (χ2n) is 5.32. The van der Waals surface area contributed by atoms with Gasteiger partial charge in [-0.3, -0.25) is 9.59 Å². The predicted molar refractivity (Wildman–Crippen MR) is 88.8 cm³/mol. The number of nitrogens with zero attached hydrogens (tertiary/aromatic N) is 1. The molecule has 1 heterocycles. The number of esters is 2. The topological polar surface area (TPSA) is 65.5 Å². The van der Waals surface area contributed by atoms with Crippen LogP contribution in [0, 0.1) is 0 Å². The molecule has 0 aliphatic heterocycles. The minimum Gasteiger partial charge on any atom is -0.425 e. The zero-order valence-corrected chi connectivity index (χ0v) is 14.5. The summed E-state index contributed by atoms with van der Waals surface area (Å²) < 4.78 is 10.3. The van der Waals surface area contributed by atoms with Gasteiger partial charge in [0.05, 0.1) is 6.20 Å². The first-order valence-electron chi connectivity index (χ1n) is 8.13. The fourth-order valence-electron chi connectivity index (χ4n) is 1.92. The zero-order chi connectivity index (χ0) is 17.1. The Kier molecular flexibility index (Phi) is 9.29. The van der Waals surface area contributed by atoms with Crippen LogP contribution in [0.4, 0.5) is 0 Å². The molecule has 0 radical (unpaired) electrons. The molecule has 0 aliphatic rings. The number of carbonyl (C=O) groups is 2. The average Bonchev–Trinajstić information content (AvgIpc) is 2.51. The largest absolute Gasteiger partial charge is 0.425 e. The van der Waals surface area contributed by atoms with E-state index >= 15 is 0 Å². The number of pyridine rings is 1. The van der Waals surface area contributed by atoms with E-state index in [2.05, 4.69) is 18.8 Å². The van der Waals surface area contributed by atoms with E-state index in [1.807, 2.05) is 0 Å². The van der Waals surface area contributed by atoms with Gasteiger partial charge in [-0.25, -0.2) is 4.98 Å². The van der Waals surface area contributed by atoms with E-state index < -0.39 is 0 Å². The SMILES string of the molecule is CCCCCC(=O)Oc1cc(OC(=O)CCCCC)c(Cl)cn1. The van der Waals surface area contributed by atoms with Gasteiger partial charge in [0.2, 0.25) is 5.88 Å². The van der Waals surface area contributed by atoms with Crippen molar-refractivity contribution in [3.8, 4) is 11.6 Å². The van der Waals surface area contributed by atoms with Gasteiger partial charge in [-0.2, -0.15) is 0 Å². The van der Waals surface area contributed by atoms with E-state index in [0.717, 1.165) is 38.5 Å². The van der Waals surface area contributed by atoms with Crippen molar-refractivity contribution in [2.75, 3.05) is 0 Å². The molecule has 5 nitrogen and oxygen atoms in total. The second kappa shape index (κ2) is 11.0. The van der Waals surface area contributed by atoms with Crippen LogP contribution in [-0.2, 0) is 9.59 Å². The number of carbonyl (C=O) groups excluding carboxylic acids is 2. The molecule has 128 valence electrons. The van der Waals surface area contributed by atoms with Crippen LogP contribution >= 0.6 is 11.6 Å². The normalized spacial score (nSPS) is 10.4. The number of hydrogen-bond donors (Lipinski definition) is 0. The molecule has 0 amide bonds. The Morgan fingerprint density at radius 3 is 2.13 bits per heavy atom. The van der Waals surface area contributed by atoms with Crippen LogP contribution in [0.5, 0.6) is 11.6 Å². The van der Waals surface area contributed by atoms with Crippen LogP contribution in [0.3, 0.4) is 0 Å². The van der Waals surface area contributed by atoms with Crippen LogP contribution in [0.15, 0.2) is 12.3 Å². The minimum absolute atomic E-state index is 0.0901. The van der Waals surface area contributed by atoms with Crippen LogP contribution in [0.1, 0.15) is 65.2 Å². The van der Waals surface area contributed by atoms with Crippen molar-refractivity contribution >= 4 is 23.5 Å². The molecule has 23 heavy (non-hydrogen) atoms. The summed E-state index contributed by atoms with van der Waals surface area (Å²) in [7, 11) is 0. The zero-order valence-electron chi connectivity index (χ0n) is 13.8. The summed E-state index contributed by atoms with van der Waals surface area (Å²) >= 11 is 5.96. The van der Waals surface area contributed by atoms with Gasteiger partial charge in [0.15, 0.2) is 5.75 Å². The first-order chi connectivity index (χ1) is 11.1. The molecule has 0 saturated heterocycles. The molecule has 1 rings (SSSR count). The highest BCUT2D eigenvalue weighted by molar-refractivity contribution is 6.32. The molecule has 0 atom stereocenters. The summed E-state index contributed by atoms with van der Waals surface area (Å²) in [5.41, 5.74) is 0. The molecule has 0 fully saturated rings. The van der Waals surface area contributed by atoms with Crippen LogP contribution < -0.4 is 9.47 Å². The molecular formula is C17H24ClNO4. The van der Waals surface area contributed by atoms with Gasteiger partial charge in [0.25, 0.3) is 0 Å². The van der Waals surface area contributed by atoms with Crippen molar-refractivity contribution in [1.29, 1.82) is 0 Å². The average molecular weight is 342 g/mol. The molecule has 0 spiro atoms. The third kappa shape index (κ3) is 7.98. The number of rotatable bonds is 10. The van der Waals surface area contributed by atoms with Crippen molar-refractivity contribution in [2.45, 2.75) is 65.2 Å². The van der Waals surface area contributed by atoms with Gasteiger partial charge in [0, 0.05) is 18.9 Å². The lowest BCUT2D eigenvalue weighted by atomic mass is 10.2. The Morgan fingerprint density at radius 1 is 1.00 bits per heavy atom. The third-order valence-electron chi connectivity index (χ3n) is 3.21. The number of aromatic nitrogens is 1. The molecule has 6 heteroatoms. The number of unbranched alkanes of at least 4 members (excludes halogenated alkanes) is 4. The Morgan fingerprint density at radius 2 is 1.57 bits per heavy atom. The van der Waals surface area contributed by atoms with E-state index in [1.54, 1.807) is 0 Å². The highest BCUT2D eigenvalue weighted by Gasteiger charge is 2.13. The maximum absolute atomic E-state index is 11.7. The fraction of sp³-hybridized carbons (Fsp3) is 0.588. The van der Waals surface area contributed by atoms with Gasteiger partial charge in [0.1, 0.15) is 5.02 Å². The molecular weight excluding hydrogens is 318 g/mol. The molecule has 0 saturated carbocycles. The maximum atomic E-state index is 11.7. The van der Waals surface area contributed by atoms with Crippen LogP contribution in [-0.4, -0.2) is 16.9 Å². The van der Waals surface area contributed by atoms with Crippen molar-refractivity contribution in [1.82, 2.24) is 4.98 Å². The van der Waals surface area contributed by atoms with E-state index in [1.165, 1.54) is 12.3 Å². The lowest BCUT2D eigenvalue weighted by molar-refractivity contribution is -0.135. The molecule has 1 aromatic heterocycles. The summed E-state index contributed by atoms with van der Waals surface area (Å²) in [5, 5.41) is 0.208. The summed E-state index contributed by atoms with van der Waals surface area (Å²) in [4.78, 5) is 27.3. The third-order valence-corrected chi connectivity index (χ3v) is 3.49. The van der Waals surface area contributed by atoms with Crippen molar-refractivity contribution in [3.63, 3.8) is 0 Å². The van der Waals surface area contributed by atoms with Crippen molar-refractivity contribution in [2.24, 2.45) is 0 Å². The monoisotopic (exact) mass is 341 g/mol. The van der Waals surface area contributed by atoms with Gasteiger partial charge < -0.3 is 9.47 Å². The highest BCUT2D eigenvalue weighted by Crippen LogP contribution is 2.27. The Hall–Kier alpha value is -1.62. The maximum Gasteiger partial charge on any atom is 0.312 e. The van der Waals surface area contributed by atoms with E-state index in [0.29, 0.717) is 12.8 Å². The van der Waals surface area contributed by atoms with E-state index in [4.69, 9.17) is 21.1 Å². The minimum atomic E-state index is -0.355. The predicted octanol–water partition coefficient (Wildman–Crippen LogP) is 4.71. The number of halogens is 1. The summed E-state index contributed by atoms with van der Waals surface area (Å²) in [6, 6.07) is 1.37. The highest BCUT2D eigenvalue weighted by atomic mass is 35.5. The molecule has 0 bridgehead atoms. The molecule has 0 unspecified atom stereocenters. The first kappa shape index (κ1) is 19.4. The number of ether oxygens (including phenoxy) is 2. The molecule has 0 aliphatic carbocycles. The van der Waals surface area contributed by atoms with Crippen molar-refractivity contribution < 1.29 is 19.1 Å². The van der Waals surface area contributed by atoms with E-state index in [9.17, 15) is 9.59 Å². The summed E-state index contributed by atoms with van der Waals surface area (Å²) in [6.45, 7) is 4.12. The Labute approximate surface area is 142 Å². The lowest BCUT2D eigenvalue weighted by Crippen LogP contribution is -2.10. The molecule has 0 aromatic carbocycles. The quantitative estimate of drug-likeness (QED) is 0.455. The second-order valence-corrected chi connectivity index (χ2v) is 5.72. The van der Waals surface area contributed by atoms with E-state index in [-0.39, 0.29) is 28.6 Å². The number of hydrogen-bond acceptors (Lipinski definition) is 5. The first-order valence-corrected chi connectivity index (χ1v) is 8.51. The van der Waals surface area contributed by atoms with Gasteiger partial charge in [-0.15, -0.1) is 0 Å². The summed E-state index contributed by atoms with van der Waals surface area (Å²) in [6.07, 6.45) is 7.54. The summed E-state index contributed by atoms with van der Waals surface area (Å²) in [5.74, 6) is -0.452.